The third-order valence-corrected chi connectivity index (χ3v) is 4.97. The van der Waals surface area contributed by atoms with Gasteiger partial charge in [-0.2, -0.15) is 0 Å². The molecule has 3 aromatic carbocycles. The lowest BCUT2D eigenvalue weighted by Crippen LogP contribution is -2.20. The first kappa shape index (κ1) is 24.2. The maximum Gasteiger partial charge on any atom is 0.262 e. The van der Waals surface area contributed by atoms with Gasteiger partial charge in [-0.1, -0.05) is 0 Å². The van der Waals surface area contributed by atoms with Crippen molar-refractivity contribution in [2.45, 2.75) is 6.92 Å². The number of anilines is 2. The van der Waals surface area contributed by atoms with Crippen LogP contribution < -0.4 is 24.8 Å². The Hall–Kier alpha value is -4.93. The van der Waals surface area contributed by atoms with Gasteiger partial charge in [-0.15, -0.1) is 5.10 Å². The van der Waals surface area contributed by atoms with Crippen LogP contribution in [0, 0.1) is 0 Å². The first-order chi connectivity index (χ1) is 17.6. The number of nitrogens with zero attached hydrogens (tertiary/aromatic N) is 4. The van der Waals surface area contributed by atoms with Crippen LogP contribution in [0.3, 0.4) is 0 Å². The van der Waals surface area contributed by atoms with Gasteiger partial charge in [-0.05, 0) is 84.1 Å². The van der Waals surface area contributed by atoms with Crippen molar-refractivity contribution in [1.82, 2.24) is 20.2 Å². The number of methoxy groups -OCH3 is 1. The molecule has 0 aliphatic carbocycles. The molecule has 36 heavy (non-hydrogen) atoms. The monoisotopic (exact) mass is 488 g/mol. The molecule has 2 amide bonds. The predicted molar refractivity (Wildman–Crippen MR) is 132 cm³/mol. The largest absolute Gasteiger partial charge is 0.494 e. The maximum atomic E-state index is 12.7. The van der Waals surface area contributed by atoms with Crippen LogP contribution >= 0.6 is 0 Å². The minimum Gasteiger partial charge on any atom is -0.494 e. The molecule has 4 aromatic rings. The maximum absolute atomic E-state index is 12.7. The first-order valence-corrected chi connectivity index (χ1v) is 11.0. The van der Waals surface area contributed by atoms with Gasteiger partial charge < -0.3 is 24.8 Å². The van der Waals surface area contributed by atoms with E-state index in [9.17, 15) is 9.59 Å². The molecule has 1 aromatic heterocycles. The second kappa shape index (κ2) is 11.5. The van der Waals surface area contributed by atoms with E-state index in [4.69, 9.17) is 14.2 Å². The summed E-state index contributed by atoms with van der Waals surface area (Å²) in [6.07, 6.45) is 1.48. The van der Waals surface area contributed by atoms with Gasteiger partial charge in [0.05, 0.1) is 19.4 Å². The van der Waals surface area contributed by atoms with Crippen molar-refractivity contribution < 1.29 is 23.8 Å². The predicted octanol–water partition coefficient (Wildman–Crippen LogP) is 3.34. The number of ether oxygens (including phenoxy) is 3. The molecule has 0 unspecified atom stereocenters. The van der Waals surface area contributed by atoms with E-state index in [0.717, 1.165) is 11.4 Å². The minimum atomic E-state index is -0.340. The van der Waals surface area contributed by atoms with Gasteiger partial charge in [0.1, 0.15) is 12.1 Å². The van der Waals surface area contributed by atoms with Gasteiger partial charge in [0.15, 0.2) is 18.1 Å². The topological polar surface area (TPSA) is 129 Å². The molecule has 0 bridgehead atoms. The van der Waals surface area contributed by atoms with Crippen LogP contribution in [0.1, 0.15) is 17.3 Å². The Bertz CT molecular complexity index is 1310. The normalized spacial score (nSPS) is 10.4. The summed E-state index contributed by atoms with van der Waals surface area (Å²) >= 11 is 0. The molecule has 0 radical (unpaired) electrons. The van der Waals surface area contributed by atoms with Gasteiger partial charge in [0, 0.05) is 16.9 Å². The lowest BCUT2D eigenvalue weighted by molar-refractivity contribution is -0.118. The third-order valence-electron chi connectivity index (χ3n) is 4.97. The van der Waals surface area contributed by atoms with Gasteiger partial charge in [-0.3, -0.25) is 9.59 Å². The zero-order chi connectivity index (χ0) is 25.3. The second-order valence-electron chi connectivity index (χ2n) is 7.42. The van der Waals surface area contributed by atoms with Gasteiger partial charge in [-0.25, -0.2) is 4.68 Å². The number of carbonyl (C=O) groups excluding carboxylic acids is 2. The SMILES string of the molecule is CCOc1ccc(NC(=O)COc2ccc(C(=O)Nc3ccc(-n4cnnn4)cc3)cc2OC)cc1. The fourth-order valence-corrected chi connectivity index (χ4v) is 3.25. The third kappa shape index (κ3) is 6.14. The highest BCUT2D eigenvalue weighted by Crippen LogP contribution is 2.28. The molecule has 0 spiro atoms. The Morgan fingerprint density at radius 3 is 2.28 bits per heavy atom. The quantitative estimate of drug-likeness (QED) is 0.348. The summed E-state index contributed by atoms with van der Waals surface area (Å²) in [5, 5.41) is 16.6. The number of benzene rings is 3. The fraction of sp³-hybridized carbons (Fsp3) is 0.160. The molecule has 2 N–H and O–H groups in total. The Balaban J connectivity index is 1.34. The molecular formula is C25H24N6O5. The average molecular weight is 489 g/mol. The van der Waals surface area contributed by atoms with Crippen molar-refractivity contribution in [2.75, 3.05) is 31.0 Å². The Morgan fingerprint density at radius 1 is 0.889 bits per heavy atom. The summed E-state index contributed by atoms with van der Waals surface area (Å²) in [5.74, 6) is 0.714. The van der Waals surface area contributed by atoms with Crippen LogP contribution in [0.15, 0.2) is 73.1 Å². The standard InChI is InChI=1S/C25H24N6O5/c1-3-35-21-11-7-18(8-12-21)27-24(32)15-36-22-13-4-17(14-23(22)34-2)25(33)28-19-5-9-20(10-6-19)31-16-26-29-30-31/h4-14,16H,3,15H2,1-2H3,(H,27,32)(H,28,33). The molecule has 0 saturated carbocycles. The molecule has 11 heteroatoms. The number of aromatic nitrogens is 4. The average Bonchev–Trinajstić information content (AvgIpc) is 3.44. The van der Waals surface area contributed by atoms with Crippen molar-refractivity contribution in [1.29, 1.82) is 0 Å². The highest BCUT2D eigenvalue weighted by atomic mass is 16.5. The molecule has 0 aliphatic rings. The van der Waals surface area contributed by atoms with Crippen molar-refractivity contribution >= 4 is 23.2 Å². The molecule has 0 fully saturated rings. The van der Waals surface area contributed by atoms with E-state index in [2.05, 4.69) is 26.2 Å². The zero-order valence-corrected chi connectivity index (χ0v) is 19.7. The van der Waals surface area contributed by atoms with Gasteiger partial charge >= 0.3 is 0 Å². The first-order valence-electron chi connectivity index (χ1n) is 11.0. The van der Waals surface area contributed by atoms with Crippen molar-refractivity contribution in [3.8, 4) is 22.9 Å². The summed E-state index contributed by atoms with van der Waals surface area (Å²) in [7, 11) is 1.46. The Kier molecular flexibility index (Phi) is 7.71. The minimum absolute atomic E-state index is 0.233. The molecule has 0 saturated heterocycles. The summed E-state index contributed by atoms with van der Waals surface area (Å²) in [5.41, 5.74) is 2.34. The zero-order valence-electron chi connectivity index (χ0n) is 19.7. The second-order valence-corrected chi connectivity index (χ2v) is 7.42. The van der Waals surface area contributed by atoms with E-state index < -0.39 is 0 Å². The summed E-state index contributed by atoms with van der Waals surface area (Å²) in [6, 6.07) is 18.8. The summed E-state index contributed by atoms with van der Waals surface area (Å²) < 4.78 is 17.9. The van der Waals surface area contributed by atoms with Crippen LogP contribution in [0.2, 0.25) is 0 Å². The molecule has 184 valence electrons. The number of rotatable bonds is 10. The lowest BCUT2D eigenvalue weighted by atomic mass is 10.1. The van der Waals surface area contributed by atoms with Crippen molar-refractivity contribution in [3.63, 3.8) is 0 Å². The number of amides is 2. The van der Waals surface area contributed by atoms with Crippen molar-refractivity contribution in [3.05, 3.63) is 78.6 Å². The van der Waals surface area contributed by atoms with E-state index in [-0.39, 0.29) is 18.4 Å². The van der Waals surface area contributed by atoms with E-state index in [0.29, 0.717) is 35.0 Å². The highest BCUT2D eigenvalue weighted by Gasteiger charge is 2.13. The molecule has 0 aliphatic heterocycles. The van der Waals surface area contributed by atoms with E-state index in [1.807, 2.05) is 6.92 Å². The van der Waals surface area contributed by atoms with E-state index in [1.54, 1.807) is 66.7 Å². The van der Waals surface area contributed by atoms with Gasteiger partial charge in [0.25, 0.3) is 11.8 Å². The number of nitrogens with one attached hydrogen (secondary N) is 2. The summed E-state index contributed by atoms with van der Waals surface area (Å²) in [4.78, 5) is 25.0. The van der Waals surface area contributed by atoms with Crippen molar-refractivity contribution in [2.24, 2.45) is 0 Å². The van der Waals surface area contributed by atoms with Crippen LogP contribution in [0.4, 0.5) is 11.4 Å². The van der Waals surface area contributed by atoms with Crippen LogP contribution in [0.5, 0.6) is 17.2 Å². The highest BCUT2D eigenvalue weighted by molar-refractivity contribution is 6.04. The van der Waals surface area contributed by atoms with Crippen LogP contribution in [-0.4, -0.2) is 52.3 Å². The molecule has 1 heterocycles. The number of hydrogen-bond acceptors (Lipinski definition) is 8. The smallest absolute Gasteiger partial charge is 0.262 e. The summed E-state index contributed by atoms with van der Waals surface area (Å²) in [6.45, 7) is 2.24. The Labute approximate surface area is 207 Å². The van der Waals surface area contributed by atoms with Gasteiger partial charge in [0.2, 0.25) is 0 Å². The number of carbonyl (C=O) groups is 2. The van der Waals surface area contributed by atoms with Crippen LogP contribution in [0.25, 0.3) is 5.69 Å². The van der Waals surface area contributed by atoms with Crippen LogP contribution in [-0.2, 0) is 4.79 Å². The molecule has 0 atom stereocenters. The number of hydrogen-bond donors (Lipinski definition) is 2. The molecular weight excluding hydrogens is 464 g/mol. The lowest BCUT2D eigenvalue weighted by Gasteiger charge is -2.13. The molecule has 11 nitrogen and oxygen atoms in total. The number of tetrazole rings is 1. The fourth-order valence-electron chi connectivity index (χ4n) is 3.25. The molecule has 4 rings (SSSR count). The van der Waals surface area contributed by atoms with E-state index >= 15 is 0 Å². The van der Waals surface area contributed by atoms with E-state index in [1.165, 1.54) is 18.1 Å². The Morgan fingerprint density at radius 2 is 1.61 bits per heavy atom.